The van der Waals surface area contributed by atoms with Gasteiger partial charge in [-0.1, -0.05) is 23.7 Å². The summed E-state index contributed by atoms with van der Waals surface area (Å²) in [5.74, 6) is -1.85. The van der Waals surface area contributed by atoms with Crippen molar-refractivity contribution in [1.29, 1.82) is 0 Å². The Kier molecular flexibility index (Phi) is 8.17. The van der Waals surface area contributed by atoms with Crippen LogP contribution in [-0.4, -0.2) is 41.2 Å². The molecule has 2 amide bonds. The Morgan fingerprint density at radius 2 is 1.85 bits per heavy atom. The number of benzene rings is 3. The van der Waals surface area contributed by atoms with Gasteiger partial charge >= 0.3 is 11.7 Å². The molecule has 0 aromatic heterocycles. The molecule has 0 unspecified atom stereocenters. The summed E-state index contributed by atoms with van der Waals surface area (Å²) in [4.78, 5) is 49.0. The Hall–Kier alpha value is -4.42. The number of nitrogens with zero attached hydrogens (tertiary/aromatic N) is 2. The molecule has 10 nitrogen and oxygen atoms in total. The van der Waals surface area contributed by atoms with E-state index in [4.69, 9.17) is 21.1 Å². The van der Waals surface area contributed by atoms with E-state index in [1.165, 1.54) is 55.7 Å². The number of carbonyl (C=O) groups excluding carboxylic acids is 3. The number of nitro groups is 1. The Morgan fingerprint density at radius 3 is 2.51 bits per heavy atom. The Labute approximate surface area is 230 Å². The van der Waals surface area contributed by atoms with Gasteiger partial charge in [-0.3, -0.25) is 24.6 Å². The number of nitro benzene ring substituents is 1. The number of methoxy groups -OCH3 is 2. The second-order valence-electron chi connectivity index (χ2n) is 7.91. The molecule has 1 fully saturated rings. The number of imide groups is 1. The van der Waals surface area contributed by atoms with Gasteiger partial charge in [-0.25, -0.2) is 9.18 Å². The van der Waals surface area contributed by atoms with E-state index in [1.54, 1.807) is 6.07 Å². The van der Waals surface area contributed by atoms with Crippen molar-refractivity contribution in [2.75, 3.05) is 14.2 Å². The van der Waals surface area contributed by atoms with Crippen LogP contribution in [0.15, 0.2) is 59.5 Å². The van der Waals surface area contributed by atoms with Crippen LogP contribution in [0.4, 0.5) is 14.9 Å². The Bertz CT molecular complexity index is 1520. The molecule has 0 radical (unpaired) electrons. The molecule has 0 atom stereocenters. The van der Waals surface area contributed by atoms with Crippen molar-refractivity contribution in [3.63, 3.8) is 0 Å². The molecule has 13 heteroatoms. The van der Waals surface area contributed by atoms with Gasteiger partial charge < -0.3 is 14.2 Å². The van der Waals surface area contributed by atoms with Crippen LogP contribution in [0.25, 0.3) is 6.08 Å². The summed E-state index contributed by atoms with van der Waals surface area (Å²) in [5, 5.41) is 11.1. The lowest BCUT2D eigenvalue weighted by molar-refractivity contribution is -0.385. The fraction of sp³-hybridized carbons (Fsp3) is 0.115. The van der Waals surface area contributed by atoms with Crippen LogP contribution >= 0.6 is 23.4 Å². The molecule has 200 valence electrons. The van der Waals surface area contributed by atoms with Crippen LogP contribution in [-0.2, 0) is 16.1 Å². The van der Waals surface area contributed by atoms with Gasteiger partial charge in [0, 0.05) is 16.7 Å². The van der Waals surface area contributed by atoms with Crippen molar-refractivity contribution >= 4 is 52.2 Å². The van der Waals surface area contributed by atoms with E-state index in [9.17, 15) is 28.9 Å². The zero-order chi connectivity index (χ0) is 28.3. The molecule has 0 saturated carbocycles. The summed E-state index contributed by atoms with van der Waals surface area (Å²) in [5.41, 5.74) is 0.00139. The van der Waals surface area contributed by atoms with Gasteiger partial charge in [-0.2, -0.15) is 0 Å². The number of amides is 2. The fourth-order valence-corrected chi connectivity index (χ4v) is 4.66. The molecule has 3 aromatic carbocycles. The van der Waals surface area contributed by atoms with E-state index in [1.807, 2.05) is 0 Å². The average Bonchev–Trinajstić information content (AvgIpc) is 3.18. The summed E-state index contributed by atoms with van der Waals surface area (Å²) < 4.78 is 29.8. The first-order valence-corrected chi connectivity index (χ1v) is 12.2. The van der Waals surface area contributed by atoms with Crippen LogP contribution < -0.4 is 9.47 Å². The van der Waals surface area contributed by atoms with Gasteiger partial charge in [-0.05, 0) is 59.8 Å². The first-order chi connectivity index (χ1) is 18.6. The zero-order valence-electron chi connectivity index (χ0n) is 20.3. The molecule has 39 heavy (non-hydrogen) atoms. The fourth-order valence-electron chi connectivity index (χ4n) is 3.60. The minimum atomic E-state index is -0.743. The molecule has 4 rings (SSSR count). The van der Waals surface area contributed by atoms with Crippen LogP contribution in [0.2, 0.25) is 5.02 Å². The predicted octanol–water partition coefficient (Wildman–Crippen LogP) is 6.21. The molecule has 0 spiro atoms. The largest absolute Gasteiger partial charge is 0.493 e. The predicted molar refractivity (Wildman–Crippen MR) is 140 cm³/mol. The van der Waals surface area contributed by atoms with Crippen molar-refractivity contribution in [3.8, 4) is 17.2 Å². The second-order valence-corrected chi connectivity index (χ2v) is 9.31. The molecule has 1 saturated heterocycles. The molecule has 0 bridgehead atoms. The molecule has 3 aromatic rings. The minimum Gasteiger partial charge on any atom is -0.493 e. The van der Waals surface area contributed by atoms with E-state index in [-0.39, 0.29) is 44.8 Å². The summed E-state index contributed by atoms with van der Waals surface area (Å²) >= 11 is 6.72. The molecule has 1 aliphatic rings. The van der Waals surface area contributed by atoms with Crippen LogP contribution in [0.5, 0.6) is 17.2 Å². The highest BCUT2D eigenvalue weighted by molar-refractivity contribution is 8.18. The quantitative estimate of drug-likeness (QED) is 0.134. The van der Waals surface area contributed by atoms with E-state index < -0.39 is 33.5 Å². The first-order valence-electron chi connectivity index (χ1n) is 11.0. The number of rotatable bonds is 8. The molecule has 0 aliphatic carbocycles. The van der Waals surface area contributed by atoms with E-state index in [2.05, 4.69) is 4.74 Å². The SMILES string of the molecule is COC(=O)c1ccc(Oc2ccc(/C=C3\SC(=O)N(Cc4c(F)cccc4Cl)C3=O)cc2OC)c([N+](=O)[O-])c1. The smallest absolute Gasteiger partial charge is 0.338 e. The van der Waals surface area contributed by atoms with Crippen molar-refractivity contribution < 1.29 is 37.9 Å². The first kappa shape index (κ1) is 27.6. The van der Waals surface area contributed by atoms with Gasteiger partial charge in [0.1, 0.15) is 5.82 Å². The number of thioether (sulfide) groups is 1. The highest BCUT2D eigenvalue weighted by Crippen LogP contribution is 2.39. The molecule has 1 aliphatic heterocycles. The minimum absolute atomic E-state index is 0.0231. The van der Waals surface area contributed by atoms with Gasteiger partial charge in [-0.15, -0.1) is 0 Å². The lowest BCUT2D eigenvalue weighted by atomic mass is 10.1. The van der Waals surface area contributed by atoms with Crippen LogP contribution in [0, 0.1) is 15.9 Å². The maximum absolute atomic E-state index is 14.2. The van der Waals surface area contributed by atoms with Crippen LogP contribution in [0.3, 0.4) is 0 Å². The van der Waals surface area contributed by atoms with E-state index in [0.717, 1.165) is 18.1 Å². The highest BCUT2D eigenvalue weighted by atomic mass is 35.5. The van der Waals surface area contributed by atoms with Crippen molar-refractivity contribution in [3.05, 3.63) is 97.1 Å². The molecular weight excluding hydrogens is 555 g/mol. The lowest BCUT2D eigenvalue weighted by Gasteiger charge is -2.14. The van der Waals surface area contributed by atoms with E-state index >= 15 is 0 Å². The molecule has 0 N–H and O–H groups in total. The van der Waals surface area contributed by atoms with E-state index in [0.29, 0.717) is 17.3 Å². The molecular formula is C26H18ClFN2O8S. The zero-order valence-corrected chi connectivity index (χ0v) is 21.9. The maximum Gasteiger partial charge on any atom is 0.338 e. The molecule has 1 heterocycles. The van der Waals surface area contributed by atoms with Gasteiger partial charge in [0.15, 0.2) is 11.5 Å². The summed E-state index contributed by atoms with van der Waals surface area (Å²) in [6, 6.07) is 12.2. The highest BCUT2D eigenvalue weighted by Gasteiger charge is 2.36. The monoisotopic (exact) mass is 572 g/mol. The van der Waals surface area contributed by atoms with Gasteiger partial charge in [0.2, 0.25) is 5.75 Å². The third-order valence-corrected chi connectivity index (χ3v) is 6.80. The number of esters is 1. The van der Waals surface area contributed by atoms with Crippen LogP contribution in [0.1, 0.15) is 21.5 Å². The number of hydrogen-bond donors (Lipinski definition) is 0. The number of hydrogen-bond acceptors (Lipinski definition) is 9. The lowest BCUT2D eigenvalue weighted by Crippen LogP contribution is -2.28. The number of carbonyl (C=O) groups is 3. The second kappa shape index (κ2) is 11.5. The van der Waals surface area contributed by atoms with Gasteiger partial charge in [0.05, 0.1) is 36.2 Å². The third kappa shape index (κ3) is 5.86. The number of halogens is 2. The van der Waals surface area contributed by atoms with Crippen molar-refractivity contribution in [2.45, 2.75) is 6.54 Å². The maximum atomic E-state index is 14.2. The Balaban J connectivity index is 1.58. The standard InChI is InChI=1S/C26H18ClFN2O8S/c1-36-22-10-14(6-8-21(22)38-20-9-7-15(25(32)37-2)12-19(20)30(34)35)11-23-24(31)29(26(33)39-23)13-16-17(27)4-3-5-18(16)28/h3-12H,13H2,1-2H3/b23-11-. The van der Waals surface area contributed by atoms with Crippen molar-refractivity contribution in [2.24, 2.45) is 0 Å². The summed E-state index contributed by atoms with van der Waals surface area (Å²) in [6.45, 7) is -0.322. The normalized spacial score (nSPS) is 14.1. The summed E-state index contributed by atoms with van der Waals surface area (Å²) in [7, 11) is 2.51. The van der Waals surface area contributed by atoms with Crippen molar-refractivity contribution in [1.82, 2.24) is 4.90 Å². The average molecular weight is 573 g/mol. The van der Waals surface area contributed by atoms with Gasteiger partial charge in [0.25, 0.3) is 11.1 Å². The number of ether oxygens (including phenoxy) is 3. The Morgan fingerprint density at radius 1 is 1.10 bits per heavy atom. The topological polar surface area (TPSA) is 125 Å². The summed E-state index contributed by atoms with van der Waals surface area (Å²) in [6.07, 6.45) is 1.45. The third-order valence-electron chi connectivity index (χ3n) is 5.53.